The molecule has 31 heavy (non-hydrogen) atoms. The molecule has 0 atom stereocenters. The van der Waals surface area contributed by atoms with Gasteiger partial charge >= 0.3 is 0 Å². The maximum atomic E-state index is 14.6. The highest BCUT2D eigenvalue weighted by Crippen LogP contribution is 2.28. The number of hydrogen-bond donors (Lipinski definition) is 0. The number of ether oxygens (including phenoxy) is 2. The first-order chi connectivity index (χ1) is 15.1. The van der Waals surface area contributed by atoms with Gasteiger partial charge in [-0.25, -0.2) is 8.78 Å². The molecule has 2 aromatic carbocycles. The van der Waals surface area contributed by atoms with Gasteiger partial charge in [0.2, 0.25) is 0 Å². The van der Waals surface area contributed by atoms with Crippen molar-refractivity contribution in [3.8, 4) is 22.6 Å². The van der Waals surface area contributed by atoms with Crippen LogP contribution in [0.4, 0.5) is 8.78 Å². The van der Waals surface area contributed by atoms with E-state index in [1.54, 1.807) is 37.7 Å². The van der Waals surface area contributed by atoms with Crippen molar-refractivity contribution in [3.63, 3.8) is 0 Å². The zero-order chi connectivity index (χ0) is 21.4. The van der Waals surface area contributed by atoms with Crippen LogP contribution >= 0.6 is 0 Å². The van der Waals surface area contributed by atoms with Crippen LogP contribution in [-0.4, -0.2) is 26.7 Å². The Kier molecular flexibility index (Phi) is 4.66. The lowest BCUT2D eigenvalue weighted by Crippen LogP contribution is -2.03. The van der Waals surface area contributed by atoms with Gasteiger partial charge in [-0.05, 0) is 42.0 Å². The Labute approximate surface area is 175 Å². The molecule has 0 radical (unpaired) electrons. The molecule has 0 aliphatic carbocycles. The molecular formula is C23H16F2N4O2. The molecular weight excluding hydrogens is 402 g/mol. The Morgan fingerprint density at radius 3 is 2.71 bits per heavy atom. The fourth-order valence-corrected chi connectivity index (χ4v) is 3.42. The minimum absolute atomic E-state index is 0.0539. The maximum absolute atomic E-state index is 14.6. The van der Waals surface area contributed by atoms with Gasteiger partial charge in [-0.3, -0.25) is 9.38 Å². The van der Waals surface area contributed by atoms with Crippen molar-refractivity contribution < 1.29 is 18.3 Å². The lowest BCUT2D eigenvalue weighted by Gasteiger charge is -2.10. The molecule has 154 valence electrons. The zero-order valence-corrected chi connectivity index (χ0v) is 16.4. The number of hydrogen-bond acceptors (Lipinski definition) is 5. The van der Waals surface area contributed by atoms with Gasteiger partial charge in [-0.15, -0.1) is 10.2 Å². The van der Waals surface area contributed by atoms with Gasteiger partial charge in [0, 0.05) is 29.4 Å². The first kappa shape index (κ1) is 18.9. The molecule has 0 N–H and O–H groups in total. The molecule has 6 nitrogen and oxygen atoms in total. The summed E-state index contributed by atoms with van der Waals surface area (Å²) >= 11 is 0. The van der Waals surface area contributed by atoms with Gasteiger partial charge < -0.3 is 9.47 Å². The van der Waals surface area contributed by atoms with Crippen LogP contribution < -0.4 is 9.47 Å². The van der Waals surface area contributed by atoms with Crippen LogP contribution in [0.25, 0.3) is 27.7 Å². The van der Waals surface area contributed by atoms with Crippen molar-refractivity contribution in [2.45, 2.75) is 6.61 Å². The van der Waals surface area contributed by atoms with Crippen molar-refractivity contribution in [1.82, 2.24) is 19.6 Å². The number of rotatable bonds is 5. The minimum atomic E-state index is -0.554. The summed E-state index contributed by atoms with van der Waals surface area (Å²) in [5, 5.41) is 8.80. The van der Waals surface area contributed by atoms with Crippen LogP contribution in [0.2, 0.25) is 0 Å². The van der Waals surface area contributed by atoms with Crippen molar-refractivity contribution >= 4 is 16.6 Å². The third kappa shape index (κ3) is 3.52. The first-order valence-corrected chi connectivity index (χ1v) is 9.47. The second kappa shape index (κ2) is 7.64. The molecule has 8 heteroatoms. The number of halogens is 2. The summed E-state index contributed by atoms with van der Waals surface area (Å²) in [7, 11) is 1.59. The lowest BCUT2D eigenvalue weighted by atomic mass is 10.1. The van der Waals surface area contributed by atoms with Gasteiger partial charge in [-0.1, -0.05) is 12.1 Å². The Morgan fingerprint density at radius 1 is 0.968 bits per heavy atom. The highest BCUT2D eigenvalue weighted by Gasteiger charge is 2.14. The van der Waals surface area contributed by atoms with Crippen LogP contribution in [-0.2, 0) is 6.61 Å². The van der Waals surface area contributed by atoms with E-state index in [9.17, 15) is 8.78 Å². The number of benzene rings is 2. The van der Waals surface area contributed by atoms with Crippen molar-refractivity contribution in [3.05, 3.63) is 84.4 Å². The topological polar surface area (TPSA) is 61.5 Å². The molecule has 0 saturated heterocycles. The summed E-state index contributed by atoms with van der Waals surface area (Å²) in [4.78, 5) is 4.34. The van der Waals surface area contributed by atoms with E-state index in [4.69, 9.17) is 9.47 Å². The summed E-state index contributed by atoms with van der Waals surface area (Å²) in [6.07, 6.45) is 3.31. The van der Waals surface area contributed by atoms with E-state index in [2.05, 4.69) is 15.2 Å². The molecule has 5 aromatic rings. The fourth-order valence-electron chi connectivity index (χ4n) is 3.42. The van der Waals surface area contributed by atoms with E-state index in [1.165, 1.54) is 22.6 Å². The molecule has 3 heterocycles. The van der Waals surface area contributed by atoms with Crippen LogP contribution in [0.15, 0.2) is 67.0 Å². The van der Waals surface area contributed by atoms with Crippen LogP contribution in [0.3, 0.4) is 0 Å². The van der Waals surface area contributed by atoms with Crippen LogP contribution in [0, 0.1) is 11.6 Å². The second-order valence-electron chi connectivity index (χ2n) is 6.88. The number of methoxy groups -OCH3 is 1. The number of fused-ring (bicyclic) bond motifs is 2. The van der Waals surface area contributed by atoms with Crippen LogP contribution in [0.1, 0.15) is 5.82 Å². The van der Waals surface area contributed by atoms with E-state index in [-0.39, 0.29) is 12.3 Å². The molecule has 0 unspecified atom stereocenters. The second-order valence-corrected chi connectivity index (χ2v) is 6.88. The van der Waals surface area contributed by atoms with E-state index in [1.807, 2.05) is 18.2 Å². The van der Waals surface area contributed by atoms with E-state index in [0.717, 1.165) is 10.9 Å². The number of aromatic nitrogens is 4. The van der Waals surface area contributed by atoms with Gasteiger partial charge in [0.05, 0.1) is 12.6 Å². The molecule has 0 bridgehead atoms. The average molecular weight is 418 g/mol. The van der Waals surface area contributed by atoms with Crippen LogP contribution in [0.5, 0.6) is 11.5 Å². The Balaban J connectivity index is 1.49. The molecule has 3 aromatic heterocycles. The molecule has 0 aliphatic rings. The summed E-state index contributed by atoms with van der Waals surface area (Å²) in [5.41, 5.74) is 1.85. The fraction of sp³-hybridized carbons (Fsp3) is 0.0870. The molecule has 5 rings (SSSR count). The summed E-state index contributed by atoms with van der Waals surface area (Å²) in [6.45, 7) is 0.0539. The average Bonchev–Trinajstić information content (AvgIpc) is 3.20. The Bertz CT molecular complexity index is 1420. The maximum Gasteiger partial charge on any atom is 0.197 e. The van der Waals surface area contributed by atoms with Crippen molar-refractivity contribution in [2.75, 3.05) is 7.11 Å². The largest absolute Gasteiger partial charge is 0.497 e. The summed E-state index contributed by atoms with van der Waals surface area (Å²) in [6, 6.07) is 14.5. The van der Waals surface area contributed by atoms with Gasteiger partial charge in [-0.2, -0.15) is 0 Å². The van der Waals surface area contributed by atoms with E-state index >= 15 is 0 Å². The Morgan fingerprint density at radius 2 is 1.87 bits per heavy atom. The van der Waals surface area contributed by atoms with Gasteiger partial charge in [0.15, 0.2) is 17.3 Å². The predicted molar refractivity (Wildman–Crippen MR) is 111 cm³/mol. The SMILES string of the molecule is COc1ccc2c(OCc3nnc4c(F)cc(-c5cccc(F)c5)cn34)ccnc2c1. The standard InChI is InChI=1S/C23H16F2N4O2/c1-30-17-5-6-18-20(11-17)26-8-7-21(18)31-13-22-27-28-23-19(25)10-15(12-29(22)23)14-3-2-4-16(24)9-14/h2-12H,13H2,1H3. The lowest BCUT2D eigenvalue weighted by molar-refractivity contribution is 0.298. The van der Waals surface area contributed by atoms with E-state index < -0.39 is 11.6 Å². The smallest absolute Gasteiger partial charge is 0.197 e. The zero-order valence-electron chi connectivity index (χ0n) is 16.4. The number of nitrogens with zero attached hydrogens (tertiary/aromatic N) is 4. The highest BCUT2D eigenvalue weighted by atomic mass is 19.1. The van der Waals surface area contributed by atoms with Gasteiger partial charge in [0.25, 0.3) is 0 Å². The third-order valence-electron chi connectivity index (χ3n) is 4.96. The molecule has 0 spiro atoms. The first-order valence-electron chi connectivity index (χ1n) is 9.47. The highest BCUT2D eigenvalue weighted by molar-refractivity contribution is 5.85. The molecule has 0 fully saturated rings. The predicted octanol–water partition coefficient (Wildman–Crippen LogP) is 4.81. The van der Waals surface area contributed by atoms with Crippen molar-refractivity contribution in [2.24, 2.45) is 0 Å². The normalized spacial score (nSPS) is 11.2. The van der Waals surface area contributed by atoms with Gasteiger partial charge in [0.1, 0.15) is 23.9 Å². The quantitative estimate of drug-likeness (QED) is 0.410. The van der Waals surface area contributed by atoms with Crippen molar-refractivity contribution in [1.29, 1.82) is 0 Å². The minimum Gasteiger partial charge on any atom is -0.497 e. The number of pyridine rings is 2. The third-order valence-corrected chi connectivity index (χ3v) is 4.96. The summed E-state index contributed by atoms with van der Waals surface area (Å²) in [5.74, 6) is 0.756. The van der Waals surface area contributed by atoms with E-state index in [0.29, 0.717) is 28.5 Å². The summed E-state index contributed by atoms with van der Waals surface area (Å²) < 4.78 is 40.9. The monoisotopic (exact) mass is 418 g/mol. The molecule has 0 amide bonds. The molecule has 0 saturated carbocycles. The molecule has 0 aliphatic heterocycles. The Hall–Kier alpha value is -4.07.